The van der Waals surface area contributed by atoms with Crippen molar-refractivity contribution in [1.82, 2.24) is 4.90 Å². The van der Waals surface area contributed by atoms with Crippen LogP contribution in [0.25, 0.3) is 0 Å². The monoisotopic (exact) mass is 337 g/mol. The van der Waals surface area contributed by atoms with Crippen LogP contribution in [0.2, 0.25) is 0 Å². The van der Waals surface area contributed by atoms with Crippen LogP contribution in [0.15, 0.2) is 18.2 Å². The summed E-state index contributed by atoms with van der Waals surface area (Å²) in [4.78, 5) is 14.8. The van der Waals surface area contributed by atoms with Crippen molar-refractivity contribution >= 4 is 21.8 Å². The minimum Gasteiger partial charge on any atom is -0.493 e. The maximum absolute atomic E-state index is 12.8. The van der Waals surface area contributed by atoms with Crippen molar-refractivity contribution in [2.75, 3.05) is 18.5 Å². The third-order valence-electron chi connectivity index (χ3n) is 4.25. The molecule has 2 aliphatic rings. The molecule has 1 aromatic rings. The van der Waals surface area contributed by atoms with E-state index >= 15 is 0 Å². The number of alkyl halides is 1. The number of benzene rings is 1. The van der Waals surface area contributed by atoms with E-state index in [2.05, 4.69) is 20.8 Å². The normalized spacial score (nSPS) is 22.1. The average molecular weight is 338 g/mol. The summed E-state index contributed by atoms with van der Waals surface area (Å²) in [6, 6.07) is 6.19. The fourth-order valence-electron chi connectivity index (χ4n) is 3.09. The zero-order valence-electron chi connectivity index (χ0n) is 11.6. The van der Waals surface area contributed by atoms with Crippen molar-refractivity contribution < 1.29 is 9.53 Å². The lowest BCUT2D eigenvalue weighted by Crippen LogP contribution is -2.41. The number of halogens is 1. The number of fused-ring (bicyclic) bond motifs is 1. The second kappa shape index (κ2) is 6.17. The highest BCUT2D eigenvalue weighted by Crippen LogP contribution is 2.27. The van der Waals surface area contributed by atoms with Gasteiger partial charge in [0.1, 0.15) is 5.75 Å². The second-order valence-corrected chi connectivity index (χ2v) is 6.22. The van der Waals surface area contributed by atoms with Gasteiger partial charge in [0.05, 0.1) is 6.61 Å². The summed E-state index contributed by atoms with van der Waals surface area (Å²) in [6.45, 7) is 1.61. The van der Waals surface area contributed by atoms with E-state index < -0.39 is 0 Å². The minimum absolute atomic E-state index is 0.172. The lowest BCUT2D eigenvalue weighted by Gasteiger charge is -2.29. The van der Waals surface area contributed by atoms with Gasteiger partial charge in [-0.3, -0.25) is 4.79 Å². The molecule has 1 fully saturated rings. The van der Waals surface area contributed by atoms with Gasteiger partial charge in [0.2, 0.25) is 0 Å². The van der Waals surface area contributed by atoms with Crippen LogP contribution in [-0.2, 0) is 6.42 Å². The number of rotatable bonds is 2. The fraction of sp³-hybridized carbons (Fsp3) is 0.562. The van der Waals surface area contributed by atoms with E-state index in [9.17, 15) is 4.79 Å². The Labute approximate surface area is 128 Å². The standard InChI is InChI=1S/C16H20BrNO2/c17-11-14-4-2-1-3-8-18(14)16(19)13-5-6-15-12(10-13)7-9-20-15/h5-6,10,14H,1-4,7-9,11H2. The Bertz CT molecular complexity index is 503. The summed E-state index contributed by atoms with van der Waals surface area (Å²) in [5.41, 5.74) is 1.98. The molecule has 0 radical (unpaired) electrons. The third-order valence-corrected chi connectivity index (χ3v) is 5.00. The van der Waals surface area contributed by atoms with Gasteiger partial charge in [-0.15, -0.1) is 0 Å². The number of hydrogen-bond donors (Lipinski definition) is 0. The Balaban J connectivity index is 1.83. The van der Waals surface area contributed by atoms with Gasteiger partial charge in [0, 0.05) is 29.9 Å². The van der Waals surface area contributed by atoms with Crippen LogP contribution in [0.4, 0.5) is 0 Å². The van der Waals surface area contributed by atoms with Crippen molar-refractivity contribution in [3.8, 4) is 5.75 Å². The Morgan fingerprint density at radius 3 is 3.10 bits per heavy atom. The van der Waals surface area contributed by atoms with Gasteiger partial charge in [0.25, 0.3) is 5.91 Å². The lowest BCUT2D eigenvalue weighted by molar-refractivity contribution is 0.0702. The number of likely N-dealkylation sites (tertiary alicyclic amines) is 1. The van der Waals surface area contributed by atoms with Gasteiger partial charge in [-0.1, -0.05) is 28.8 Å². The number of hydrogen-bond acceptors (Lipinski definition) is 2. The number of carbonyl (C=O) groups excluding carboxylic acids is 1. The summed E-state index contributed by atoms with van der Waals surface area (Å²) in [5, 5.41) is 0.868. The molecule has 0 bridgehead atoms. The van der Waals surface area contributed by atoms with Crippen molar-refractivity contribution in [3.63, 3.8) is 0 Å². The molecule has 1 unspecified atom stereocenters. The van der Waals surface area contributed by atoms with Crippen LogP contribution in [-0.4, -0.2) is 35.3 Å². The van der Waals surface area contributed by atoms with Gasteiger partial charge in [-0.25, -0.2) is 0 Å². The number of ether oxygens (including phenoxy) is 1. The predicted octanol–water partition coefficient (Wildman–Crippen LogP) is 3.40. The molecule has 4 heteroatoms. The lowest BCUT2D eigenvalue weighted by atomic mass is 10.1. The predicted molar refractivity (Wildman–Crippen MR) is 82.7 cm³/mol. The Morgan fingerprint density at radius 2 is 2.25 bits per heavy atom. The summed E-state index contributed by atoms with van der Waals surface area (Å²) in [6.07, 6.45) is 5.58. The first-order chi connectivity index (χ1) is 9.79. The molecule has 0 spiro atoms. The van der Waals surface area contributed by atoms with Crippen LogP contribution in [0, 0.1) is 0 Å². The Morgan fingerprint density at radius 1 is 1.35 bits per heavy atom. The van der Waals surface area contributed by atoms with Gasteiger partial charge >= 0.3 is 0 Å². The summed E-state index contributed by atoms with van der Waals surface area (Å²) >= 11 is 3.56. The highest BCUT2D eigenvalue weighted by molar-refractivity contribution is 9.09. The molecule has 0 saturated carbocycles. The summed E-state index contributed by atoms with van der Waals surface area (Å²) < 4.78 is 5.51. The van der Waals surface area contributed by atoms with Crippen LogP contribution in [0.1, 0.15) is 41.6 Å². The molecule has 108 valence electrons. The zero-order chi connectivity index (χ0) is 13.9. The van der Waals surface area contributed by atoms with Gasteiger partial charge in [-0.2, -0.15) is 0 Å². The van der Waals surface area contributed by atoms with E-state index in [-0.39, 0.29) is 5.91 Å². The van der Waals surface area contributed by atoms with E-state index in [1.54, 1.807) is 0 Å². The smallest absolute Gasteiger partial charge is 0.254 e. The third kappa shape index (κ3) is 2.71. The number of nitrogens with zero attached hydrogens (tertiary/aromatic N) is 1. The number of carbonyl (C=O) groups is 1. The molecule has 0 aromatic heterocycles. The summed E-state index contributed by atoms with van der Waals surface area (Å²) in [5.74, 6) is 1.11. The minimum atomic E-state index is 0.172. The van der Waals surface area contributed by atoms with Crippen LogP contribution in [0.3, 0.4) is 0 Å². The largest absolute Gasteiger partial charge is 0.493 e. The van der Waals surface area contributed by atoms with Crippen LogP contribution < -0.4 is 4.74 Å². The topological polar surface area (TPSA) is 29.5 Å². The molecular weight excluding hydrogens is 318 g/mol. The number of amides is 1. The first kappa shape index (κ1) is 13.9. The van der Waals surface area contributed by atoms with Crippen LogP contribution in [0.5, 0.6) is 5.75 Å². The molecule has 3 rings (SSSR count). The molecule has 1 amide bonds. The van der Waals surface area contributed by atoms with Crippen molar-refractivity contribution in [3.05, 3.63) is 29.3 Å². The van der Waals surface area contributed by atoms with E-state index in [4.69, 9.17) is 4.74 Å². The van der Waals surface area contributed by atoms with Crippen molar-refractivity contribution in [1.29, 1.82) is 0 Å². The molecule has 1 atom stereocenters. The molecule has 2 heterocycles. The van der Waals surface area contributed by atoms with E-state index in [1.807, 2.05) is 18.2 Å². The van der Waals surface area contributed by atoms with Crippen molar-refractivity contribution in [2.45, 2.75) is 38.1 Å². The highest BCUT2D eigenvalue weighted by atomic mass is 79.9. The molecule has 20 heavy (non-hydrogen) atoms. The molecule has 0 N–H and O–H groups in total. The SMILES string of the molecule is O=C(c1ccc2c(c1)CCO2)N1CCCCCC1CBr. The quantitative estimate of drug-likeness (QED) is 0.774. The average Bonchev–Trinajstić information content (AvgIpc) is 2.81. The van der Waals surface area contributed by atoms with Crippen LogP contribution >= 0.6 is 15.9 Å². The zero-order valence-corrected chi connectivity index (χ0v) is 13.2. The summed E-state index contributed by atoms with van der Waals surface area (Å²) in [7, 11) is 0. The first-order valence-corrected chi connectivity index (χ1v) is 8.54. The maximum Gasteiger partial charge on any atom is 0.254 e. The molecule has 0 aliphatic carbocycles. The molecule has 3 nitrogen and oxygen atoms in total. The van der Waals surface area contributed by atoms with Crippen molar-refractivity contribution in [2.24, 2.45) is 0 Å². The highest BCUT2D eigenvalue weighted by Gasteiger charge is 2.26. The molecule has 1 aromatic carbocycles. The van der Waals surface area contributed by atoms with E-state index in [0.29, 0.717) is 6.04 Å². The van der Waals surface area contributed by atoms with E-state index in [0.717, 1.165) is 49.1 Å². The van der Waals surface area contributed by atoms with Gasteiger partial charge in [0.15, 0.2) is 0 Å². The molecular formula is C16H20BrNO2. The molecule has 2 aliphatic heterocycles. The first-order valence-electron chi connectivity index (χ1n) is 7.42. The Hall–Kier alpha value is -1.03. The van der Waals surface area contributed by atoms with Gasteiger partial charge in [-0.05, 0) is 36.6 Å². The van der Waals surface area contributed by atoms with Gasteiger partial charge < -0.3 is 9.64 Å². The maximum atomic E-state index is 12.8. The fourth-order valence-corrected chi connectivity index (χ4v) is 3.76. The Kier molecular flexibility index (Phi) is 4.29. The molecule has 1 saturated heterocycles. The van der Waals surface area contributed by atoms with E-state index in [1.165, 1.54) is 18.4 Å². The second-order valence-electron chi connectivity index (χ2n) is 5.58.